The molecular formula is C27H28F3N7O6S. The lowest BCUT2D eigenvalue weighted by Crippen LogP contribution is -2.33. The quantitative estimate of drug-likeness (QED) is 0.305. The fourth-order valence-corrected chi connectivity index (χ4v) is 4.57. The van der Waals surface area contributed by atoms with Gasteiger partial charge in [-0.1, -0.05) is 24.3 Å². The molecule has 3 aliphatic rings. The highest BCUT2D eigenvalue weighted by Crippen LogP contribution is 2.21. The molecule has 0 spiro atoms. The first-order valence-electron chi connectivity index (χ1n) is 13.2. The molecule has 13 nitrogen and oxygen atoms in total. The predicted octanol–water partition coefficient (Wildman–Crippen LogP) is 3.07. The van der Waals surface area contributed by atoms with Crippen LogP contribution in [0.5, 0.6) is 11.8 Å². The molecule has 0 saturated carbocycles. The van der Waals surface area contributed by atoms with E-state index in [4.69, 9.17) is 9.47 Å². The number of sulfonamides is 1. The standard InChI is InChI=1S/C27H28F3N7O6S/c28-27(29,30)17-43-26-35-24-32-16-18-5-11-21(12-6-18)42-14-1-2-15-44(40,41)37-22(38)4-3-13-31-23(39)19-7-9-20(10-8-19)33-25(34-24)36-26/h1-2,5-12H,3-4,13-17H2,(H,31,39)(H,37,38)(H2,32,33,34,35,36)/b2-1-. The zero-order valence-electron chi connectivity index (χ0n) is 23.1. The summed E-state index contributed by atoms with van der Waals surface area (Å²) in [5.74, 6) is -1.21. The van der Waals surface area contributed by atoms with Gasteiger partial charge in [-0.2, -0.15) is 28.1 Å². The van der Waals surface area contributed by atoms with Crippen molar-refractivity contribution in [2.45, 2.75) is 25.6 Å². The van der Waals surface area contributed by atoms with Gasteiger partial charge in [-0.25, -0.2) is 8.42 Å². The number of hydrogen-bond acceptors (Lipinski definition) is 11. The first-order chi connectivity index (χ1) is 20.9. The van der Waals surface area contributed by atoms with Gasteiger partial charge in [-0.15, -0.1) is 0 Å². The summed E-state index contributed by atoms with van der Waals surface area (Å²) in [5, 5.41) is 8.41. The minimum Gasteiger partial charge on any atom is -0.490 e. The first-order valence-corrected chi connectivity index (χ1v) is 14.8. The number of nitrogens with zero attached hydrogens (tertiary/aromatic N) is 3. The predicted molar refractivity (Wildman–Crippen MR) is 153 cm³/mol. The monoisotopic (exact) mass is 635 g/mol. The van der Waals surface area contributed by atoms with Gasteiger partial charge >= 0.3 is 12.2 Å². The van der Waals surface area contributed by atoms with Crippen molar-refractivity contribution in [2.24, 2.45) is 0 Å². The minimum absolute atomic E-state index is 0.0542. The van der Waals surface area contributed by atoms with Crippen LogP contribution < -0.4 is 30.1 Å². The Hall–Kier alpha value is -4.93. The van der Waals surface area contributed by atoms with Crippen molar-refractivity contribution in [1.29, 1.82) is 0 Å². The third-order valence-corrected chi connectivity index (χ3v) is 6.89. The number of rotatable bonds is 2. The van der Waals surface area contributed by atoms with E-state index in [-0.39, 0.29) is 50.0 Å². The Bertz CT molecular complexity index is 1580. The van der Waals surface area contributed by atoms with Crippen molar-refractivity contribution in [3.8, 4) is 11.8 Å². The van der Waals surface area contributed by atoms with Gasteiger partial charge in [0.15, 0.2) is 6.61 Å². The van der Waals surface area contributed by atoms with Crippen LogP contribution >= 0.6 is 0 Å². The van der Waals surface area contributed by atoms with E-state index in [1.807, 2.05) is 4.72 Å². The van der Waals surface area contributed by atoms with Crippen LogP contribution in [0.3, 0.4) is 0 Å². The van der Waals surface area contributed by atoms with E-state index < -0.39 is 46.4 Å². The number of anilines is 3. The fraction of sp³-hybridized carbons (Fsp3) is 0.296. The topological polar surface area (TPSA) is 174 Å². The maximum Gasteiger partial charge on any atom is 0.422 e. The number of amides is 2. The number of hydrogen-bond donors (Lipinski definition) is 4. The van der Waals surface area contributed by atoms with Crippen molar-refractivity contribution in [3.05, 3.63) is 71.8 Å². The Morgan fingerprint density at radius 2 is 1.64 bits per heavy atom. The molecule has 6 bridgehead atoms. The molecular weight excluding hydrogens is 607 g/mol. The van der Waals surface area contributed by atoms with Crippen LogP contribution in [0, 0.1) is 0 Å². The second-order valence-corrected chi connectivity index (χ2v) is 11.1. The van der Waals surface area contributed by atoms with Gasteiger partial charge in [0.2, 0.25) is 27.8 Å². The zero-order valence-corrected chi connectivity index (χ0v) is 23.9. The van der Waals surface area contributed by atoms with Gasteiger partial charge in [-0.3, -0.25) is 14.3 Å². The smallest absolute Gasteiger partial charge is 0.422 e. The largest absolute Gasteiger partial charge is 0.490 e. The number of ether oxygens (including phenoxy) is 2. The number of halogens is 3. The van der Waals surface area contributed by atoms with E-state index in [2.05, 4.69) is 30.9 Å². The Morgan fingerprint density at radius 3 is 2.36 bits per heavy atom. The molecule has 4 heterocycles. The summed E-state index contributed by atoms with van der Waals surface area (Å²) in [7, 11) is -3.89. The highest BCUT2D eigenvalue weighted by atomic mass is 32.2. The van der Waals surface area contributed by atoms with Crippen molar-refractivity contribution >= 4 is 39.4 Å². The molecule has 6 rings (SSSR count). The molecule has 0 saturated heterocycles. The molecule has 3 aliphatic heterocycles. The molecule has 44 heavy (non-hydrogen) atoms. The number of carbonyl (C=O) groups is 2. The summed E-state index contributed by atoms with van der Waals surface area (Å²) in [6, 6.07) is 12.3. The van der Waals surface area contributed by atoms with E-state index in [1.165, 1.54) is 36.4 Å². The zero-order chi connectivity index (χ0) is 31.6. The summed E-state index contributed by atoms with van der Waals surface area (Å²) >= 11 is 0. The van der Waals surface area contributed by atoms with Crippen molar-refractivity contribution in [2.75, 3.05) is 36.1 Å². The van der Waals surface area contributed by atoms with Gasteiger partial charge in [0.05, 0.1) is 5.75 Å². The molecule has 1 aromatic heterocycles. The van der Waals surface area contributed by atoms with E-state index in [9.17, 15) is 31.2 Å². The third kappa shape index (κ3) is 10.7. The minimum atomic E-state index is -4.61. The van der Waals surface area contributed by atoms with Gasteiger partial charge in [0.1, 0.15) is 12.4 Å². The molecule has 0 fully saturated rings. The summed E-state index contributed by atoms with van der Waals surface area (Å²) in [5.41, 5.74) is 1.46. The summed E-state index contributed by atoms with van der Waals surface area (Å²) in [6.07, 6.45) is -1.68. The van der Waals surface area contributed by atoms with E-state index >= 15 is 0 Å². The van der Waals surface area contributed by atoms with Gasteiger partial charge in [0, 0.05) is 30.8 Å². The van der Waals surface area contributed by atoms with Crippen molar-refractivity contribution < 1.29 is 40.7 Å². The lowest BCUT2D eigenvalue weighted by Gasteiger charge is -2.12. The van der Waals surface area contributed by atoms with Gasteiger partial charge in [0.25, 0.3) is 5.91 Å². The molecule has 0 unspecified atom stereocenters. The Kier molecular flexibility index (Phi) is 10.5. The van der Waals surface area contributed by atoms with Crippen LogP contribution in [0.25, 0.3) is 0 Å². The molecule has 2 amide bonds. The SMILES string of the molecule is O=C1CCCNC(=O)c2ccc(cc2)Nc2nc(nc(OCC(F)(F)F)n2)NCc2ccc(cc2)OC/C=C\CS(=O)(=O)N1. The molecule has 0 atom stereocenters. The van der Waals surface area contributed by atoms with Crippen LogP contribution in [-0.2, 0) is 21.4 Å². The second kappa shape index (κ2) is 14.5. The molecule has 4 N–H and O–H groups in total. The average Bonchev–Trinajstić information content (AvgIpc) is 2.97. The van der Waals surface area contributed by atoms with Crippen LogP contribution in [0.1, 0.15) is 28.8 Å². The Labute approximate surface area is 250 Å². The molecule has 234 valence electrons. The highest BCUT2D eigenvalue weighted by molar-refractivity contribution is 7.90. The summed E-state index contributed by atoms with van der Waals surface area (Å²) in [4.78, 5) is 36.6. The number of aromatic nitrogens is 3. The molecule has 3 aromatic rings. The van der Waals surface area contributed by atoms with Crippen molar-refractivity contribution in [1.82, 2.24) is 25.0 Å². The van der Waals surface area contributed by atoms with E-state index in [0.717, 1.165) is 5.56 Å². The summed E-state index contributed by atoms with van der Waals surface area (Å²) < 4.78 is 74.9. The van der Waals surface area contributed by atoms with Gasteiger partial charge < -0.3 is 25.4 Å². The lowest BCUT2D eigenvalue weighted by atomic mass is 10.2. The number of fused-ring (bicyclic) bond motifs is 2. The molecule has 0 aliphatic carbocycles. The second-order valence-electron chi connectivity index (χ2n) is 9.32. The molecule has 2 aromatic carbocycles. The average molecular weight is 636 g/mol. The first kappa shape index (κ1) is 32.0. The van der Waals surface area contributed by atoms with Crippen LogP contribution in [0.15, 0.2) is 60.7 Å². The van der Waals surface area contributed by atoms with Crippen molar-refractivity contribution in [3.63, 3.8) is 0 Å². The number of benzene rings is 2. The maximum absolute atomic E-state index is 12.8. The van der Waals surface area contributed by atoms with E-state index in [0.29, 0.717) is 11.4 Å². The molecule has 17 heteroatoms. The van der Waals surface area contributed by atoms with Crippen LogP contribution in [0.4, 0.5) is 30.8 Å². The number of nitrogens with one attached hydrogen (secondary N) is 4. The normalized spacial score (nSPS) is 17.2. The summed E-state index contributed by atoms with van der Waals surface area (Å²) in [6.45, 7) is -1.22. The maximum atomic E-state index is 12.8. The van der Waals surface area contributed by atoms with Crippen LogP contribution in [-0.4, -0.2) is 66.9 Å². The van der Waals surface area contributed by atoms with Gasteiger partial charge in [-0.05, 0) is 48.4 Å². The third-order valence-electron chi connectivity index (χ3n) is 5.72. The highest BCUT2D eigenvalue weighted by Gasteiger charge is 2.29. The van der Waals surface area contributed by atoms with Crippen LogP contribution in [0.2, 0.25) is 0 Å². The lowest BCUT2D eigenvalue weighted by molar-refractivity contribution is -0.154. The Balaban J connectivity index is 1.53. The number of alkyl halides is 3. The molecule has 0 radical (unpaired) electrons. The number of carbonyl (C=O) groups excluding carboxylic acids is 2. The Morgan fingerprint density at radius 1 is 0.909 bits per heavy atom. The van der Waals surface area contributed by atoms with E-state index in [1.54, 1.807) is 24.3 Å². The fourth-order valence-electron chi connectivity index (χ4n) is 3.65.